The number of anilines is 1. The zero-order valence-electron chi connectivity index (χ0n) is 22.5. The maximum absolute atomic E-state index is 8.64. The second-order valence-electron chi connectivity index (χ2n) is 5.90. The molecule has 2 heterocycles. The summed E-state index contributed by atoms with van der Waals surface area (Å²) in [5, 5.41) is 0. The van der Waals surface area contributed by atoms with Crippen LogP contribution < -0.4 is 10.4 Å². The molecule has 3 rings (SSSR count). The first-order chi connectivity index (χ1) is 13.8. The van der Waals surface area contributed by atoms with Crippen molar-refractivity contribution in [1.29, 1.82) is 0 Å². The summed E-state index contributed by atoms with van der Waals surface area (Å²) in [6.07, 6.45) is 0. The molecule has 0 atom stereocenters. The Kier molecular flexibility index (Phi) is 1.78. The van der Waals surface area contributed by atoms with Crippen LogP contribution in [0.5, 0.6) is 0 Å². The maximum Gasteiger partial charge on any atom is 0.494 e. The van der Waals surface area contributed by atoms with Gasteiger partial charge in [0.2, 0.25) is 0 Å². The number of ether oxygens (including phenoxy) is 1. The average Bonchev–Trinajstić information content (AvgIpc) is 2.77. The van der Waals surface area contributed by atoms with Crippen LogP contribution in [0.3, 0.4) is 0 Å². The summed E-state index contributed by atoms with van der Waals surface area (Å²) in [5.41, 5.74) is -2.41. The summed E-state index contributed by atoms with van der Waals surface area (Å²) in [6, 6.07) is -2.41. The standard InChI is InChI=1S/C16H24BNO3/c1-15(2)16(3,4)21-17(20-15)13-6-5-7-14(12-13)18-8-10-19-11-9-18/h5-7,12H,8-11H2,1-4H3/i5D,6D,7D,8D2,10D2,11D2,12D. The molecule has 2 aliphatic rings. The molecule has 0 aromatic heterocycles. The zero-order chi connectivity index (χ0) is 23.9. The Hall–Kier alpha value is -1.04. The van der Waals surface area contributed by atoms with Crippen LogP contribution in [0.25, 0.3) is 0 Å². The van der Waals surface area contributed by atoms with Crippen LogP contribution in [-0.4, -0.2) is 44.5 Å². The van der Waals surface area contributed by atoms with Gasteiger partial charge in [0, 0.05) is 18.7 Å². The first kappa shape index (κ1) is 7.03. The fraction of sp³-hybridized carbons (Fsp3) is 0.625. The van der Waals surface area contributed by atoms with Gasteiger partial charge in [-0.15, -0.1) is 0 Å². The molecule has 114 valence electrons. The van der Waals surface area contributed by atoms with Crippen molar-refractivity contribution in [2.75, 3.05) is 31.1 Å². The summed E-state index contributed by atoms with van der Waals surface area (Å²) in [6.45, 7) is -2.56. The quantitative estimate of drug-likeness (QED) is 0.780. The summed E-state index contributed by atoms with van der Waals surface area (Å²) in [4.78, 5) is 0.577. The van der Waals surface area contributed by atoms with E-state index in [-0.39, 0.29) is 5.46 Å². The topological polar surface area (TPSA) is 30.9 Å². The molecule has 2 aliphatic heterocycles. The molecule has 0 N–H and O–H groups in total. The monoisotopic (exact) mass is 299 g/mol. The van der Waals surface area contributed by atoms with Crippen LogP contribution >= 0.6 is 0 Å². The van der Waals surface area contributed by atoms with Crippen LogP contribution in [0, 0.1) is 0 Å². The van der Waals surface area contributed by atoms with E-state index in [0.29, 0.717) is 4.90 Å². The third kappa shape index (κ3) is 2.82. The van der Waals surface area contributed by atoms with Gasteiger partial charge >= 0.3 is 7.12 Å². The number of morpholine rings is 1. The second kappa shape index (κ2) is 5.31. The Balaban J connectivity index is 2.24. The molecule has 0 amide bonds. The Morgan fingerprint density at radius 1 is 1.19 bits per heavy atom. The lowest BCUT2D eigenvalue weighted by atomic mass is 9.79. The van der Waals surface area contributed by atoms with Gasteiger partial charge in [-0.05, 0) is 45.2 Å². The molecule has 0 unspecified atom stereocenters. The summed E-state index contributed by atoms with van der Waals surface area (Å²) in [7, 11) is -1.26. The SMILES string of the molecule is [2H]c1c([2H])c(B2OC(C)(C)C(C)(C)O2)c([2H])c(N2CC([2H])([2H])OC([2H])([2H])C2([2H])[2H])c1[2H]. The fourth-order valence-corrected chi connectivity index (χ4v) is 1.95. The van der Waals surface area contributed by atoms with Gasteiger partial charge in [0.05, 0.1) is 38.0 Å². The molecule has 5 heteroatoms. The molecule has 0 aliphatic carbocycles. The van der Waals surface area contributed by atoms with Crippen LogP contribution in [-0.2, 0) is 14.0 Å². The van der Waals surface area contributed by atoms with Gasteiger partial charge in [-0.1, -0.05) is 12.1 Å². The normalized spacial score (nSPS) is 38.5. The molecule has 1 aromatic rings. The minimum atomic E-state index is -3.13. The lowest BCUT2D eigenvalue weighted by Crippen LogP contribution is -2.41. The third-order valence-electron chi connectivity index (χ3n) is 3.92. The second-order valence-corrected chi connectivity index (χ2v) is 5.90. The highest BCUT2D eigenvalue weighted by atomic mass is 16.7. The lowest BCUT2D eigenvalue weighted by Gasteiger charge is -2.32. The Labute approximate surface area is 141 Å². The van der Waals surface area contributed by atoms with E-state index in [1.54, 1.807) is 27.7 Å². The molecule has 0 radical (unpaired) electrons. The molecule has 1 aromatic carbocycles. The molecule has 21 heavy (non-hydrogen) atoms. The van der Waals surface area contributed by atoms with Crippen molar-refractivity contribution < 1.29 is 27.8 Å². The van der Waals surface area contributed by atoms with Gasteiger partial charge in [-0.25, -0.2) is 0 Å². The van der Waals surface area contributed by atoms with E-state index in [4.69, 9.17) is 23.0 Å². The van der Waals surface area contributed by atoms with Gasteiger partial charge in [0.25, 0.3) is 0 Å². The van der Waals surface area contributed by atoms with E-state index in [9.17, 15) is 0 Å². The van der Waals surface area contributed by atoms with Crippen molar-refractivity contribution in [2.45, 2.75) is 38.9 Å². The van der Waals surface area contributed by atoms with Gasteiger partial charge < -0.3 is 18.9 Å². The van der Waals surface area contributed by atoms with Crippen molar-refractivity contribution in [1.82, 2.24) is 0 Å². The Morgan fingerprint density at radius 3 is 2.62 bits per heavy atom. The van der Waals surface area contributed by atoms with Gasteiger partial charge in [0.15, 0.2) is 0 Å². The molecule has 0 saturated carbocycles. The number of nitrogens with zero attached hydrogens (tertiary/aromatic N) is 1. The van der Waals surface area contributed by atoms with E-state index in [1.165, 1.54) is 0 Å². The number of rotatable bonds is 2. The highest BCUT2D eigenvalue weighted by Gasteiger charge is 2.51. The Morgan fingerprint density at radius 2 is 1.90 bits per heavy atom. The molecule has 2 fully saturated rings. The van der Waals surface area contributed by atoms with Crippen molar-refractivity contribution in [2.24, 2.45) is 0 Å². The molecule has 0 bridgehead atoms. The van der Waals surface area contributed by atoms with Crippen molar-refractivity contribution >= 4 is 18.3 Å². The number of hydrogen-bond acceptors (Lipinski definition) is 4. The highest BCUT2D eigenvalue weighted by Crippen LogP contribution is 2.36. The largest absolute Gasteiger partial charge is 0.494 e. The minimum absolute atomic E-state index is 0.210. The maximum atomic E-state index is 8.64. The molecule has 0 spiro atoms. The third-order valence-corrected chi connectivity index (χ3v) is 3.92. The molecule has 4 nitrogen and oxygen atoms in total. The van der Waals surface area contributed by atoms with E-state index < -0.39 is 74.3 Å². The number of benzene rings is 1. The molecule has 2 saturated heterocycles. The molecular weight excluding hydrogens is 265 g/mol. The fourth-order valence-electron chi connectivity index (χ4n) is 1.95. The average molecular weight is 299 g/mol. The predicted octanol–water partition coefficient (Wildman–Crippen LogP) is 1.82. The first-order valence-electron chi connectivity index (χ1n) is 11.7. The van der Waals surface area contributed by atoms with E-state index in [1.807, 2.05) is 0 Å². The first-order valence-corrected chi connectivity index (χ1v) is 6.69. The van der Waals surface area contributed by atoms with Gasteiger partial charge in [0.1, 0.15) is 0 Å². The lowest BCUT2D eigenvalue weighted by molar-refractivity contribution is 0.00578. The summed E-state index contributed by atoms with van der Waals surface area (Å²) < 4.78 is 97.6. The summed E-state index contributed by atoms with van der Waals surface area (Å²) in [5.74, 6) is 0. The van der Waals surface area contributed by atoms with Crippen molar-refractivity contribution in [3.05, 3.63) is 24.2 Å². The smallest absolute Gasteiger partial charge is 0.399 e. The zero-order valence-corrected chi connectivity index (χ0v) is 12.5. The number of hydrogen-bond donors (Lipinski definition) is 0. The van der Waals surface area contributed by atoms with Gasteiger partial charge in [-0.3, -0.25) is 0 Å². The van der Waals surface area contributed by atoms with E-state index in [2.05, 4.69) is 4.74 Å². The Bertz CT molecular complexity index is 908. The molecular formula is C16H24BNO3. The minimum Gasteiger partial charge on any atom is -0.399 e. The van der Waals surface area contributed by atoms with Crippen molar-refractivity contribution in [3.63, 3.8) is 0 Å². The highest BCUT2D eigenvalue weighted by molar-refractivity contribution is 6.62. The van der Waals surface area contributed by atoms with Crippen LogP contribution in [0.15, 0.2) is 24.2 Å². The predicted molar refractivity (Wildman–Crippen MR) is 85.2 cm³/mol. The van der Waals surface area contributed by atoms with Crippen LogP contribution in [0.2, 0.25) is 0 Å². The van der Waals surface area contributed by atoms with Crippen LogP contribution in [0.1, 0.15) is 41.4 Å². The van der Waals surface area contributed by atoms with E-state index >= 15 is 0 Å². The van der Waals surface area contributed by atoms with Crippen molar-refractivity contribution in [3.8, 4) is 0 Å². The van der Waals surface area contributed by atoms with E-state index in [0.717, 1.165) is 0 Å². The van der Waals surface area contributed by atoms with Gasteiger partial charge in [-0.2, -0.15) is 0 Å². The summed E-state index contributed by atoms with van der Waals surface area (Å²) >= 11 is 0. The van der Waals surface area contributed by atoms with Crippen LogP contribution in [0.4, 0.5) is 5.69 Å².